The van der Waals surface area contributed by atoms with Crippen molar-refractivity contribution in [2.45, 2.75) is 32.3 Å². The normalized spacial score (nSPS) is 17.6. The maximum Gasteiger partial charge on any atom is 0.331 e. The van der Waals surface area contributed by atoms with E-state index >= 15 is 0 Å². The summed E-state index contributed by atoms with van der Waals surface area (Å²) in [6, 6.07) is 3.57. The van der Waals surface area contributed by atoms with Crippen LogP contribution in [-0.2, 0) is 9.53 Å². The van der Waals surface area contributed by atoms with Gasteiger partial charge in [0.15, 0.2) is 0 Å². The minimum absolute atomic E-state index is 0. The van der Waals surface area contributed by atoms with Crippen LogP contribution in [0.25, 0.3) is 6.08 Å². The van der Waals surface area contributed by atoms with Crippen molar-refractivity contribution in [3.63, 3.8) is 0 Å². The summed E-state index contributed by atoms with van der Waals surface area (Å²) >= 11 is 0. The molecule has 0 N–H and O–H groups in total. The summed E-state index contributed by atoms with van der Waals surface area (Å²) < 4.78 is 10.4. The molecule has 1 atom stereocenters. The molecule has 2 heterocycles. The topological polar surface area (TPSA) is 42.7 Å². The minimum atomic E-state index is -0.319. The number of furan rings is 1. The molecule has 0 aliphatic carbocycles. The van der Waals surface area contributed by atoms with Crippen molar-refractivity contribution in [2.75, 3.05) is 19.6 Å². The van der Waals surface area contributed by atoms with Crippen LogP contribution in [0.4, 0.5) is 0 Å². The Morgan fingerprint density at radius 3 is 2.85 bits per heavy atom. The van der Waals surface area contributed by atoms with Crippen LogP contribution in [0.3, 0.4) is 0 Å². The van der Waals surface area contributed by atoms with Gasteiger partial charge in [-0.2, -0.15) is 0 Å². The smallest absolute Gasteiger partial charge is 0.331 e. The fraction of sp³-hybridized carbons (Fsp3) is 0.533. The first-order chi connectivity index (χ1) is 9.24. The van der Waals surface area contributed by atoms with Crippen molar-refractivity contribution >= 4 is 24.5 Å². The Balaban J connectivity index is 0.00000200. The van der Waals surface area contributed by atoms with Crippen LogP contribution in [0, 0.1) is 0 Å². The number of halogens is 1. The second-order valence-electron chi connectivity index (χ2n) is 4.96. The molecule has 0 spiro atoms. The zero-order chi connectivity index (χ0) is 13.5. The number of esters is 1. The molecule has 1 saturated heterocycles. The molecule has 1 fully saturated rings. The SMILES string of the molecule is CC(CN1CCCCC1)OC(=O)C=Cc1ccco1.Cl. The minimum Gasteiger partial charge on any atom is -0.465 e. The van der Waals surface area contributed by atoms with Gasteiger partial charge in [0.1, 0.15) is 11.9 Å². The Kier molecular flexibility index (Phi) is 7.41. The number of ether oxygens (including phenoxy) is 1. The van der Waals surface area contributed by atoms with E-state index in [1.807, 2.05) is 6.92 Å². The Bertz CT molecular complexity index is 411. The van der Waals surface area contributed by atoms with Gasteiger partial charge in [-0.25, -0.2) is 4.79 Å². The van der Waals surface area contributed by atoms with Gasteiger partial charge in [-0.1, -0.05) is 6.42 Å². The van der Waals surface area contributed by atoms with Crippen LogP contribution < -0.4 is 0 Å². The molecule has 0 amide bonds. The molecule has 1 unspecified atom stereocenters. The van der Waals surface area contributed by atoms with Crippen LogP contribution >= 0.6 is 12.4 Å². The Morgan fingerprint density at radius 1 is 1.45 bits per heavy atom. The molecule has 1 aliphatic heterocycles. The molecular formula is C15H22ClNO3. The third-order valence-electron chi connectivity index (χ3n) is 3.21. The van der Waals surface area contributed by atoms with E-state index < -0.39 is 0 Å². The summed E-state index contributed by atoms with van der Waals surface area (Å²) in [5.74, 6) is 0.335. The highest BCUT2D eigenvalue weighted by atomic mass is 35.5. The van der Waals surface area contributed by atoms with Gasteiger partial charge in [-0.3, -0.25) is 4.90 Å². The molecular weight excluding hydrogens is 278 g/mol. The van der Waals surface area contributed by atoms with Gasteiger partial charge < -0.3 is 9.15 Å². The van der Waals surface area contributed by atoms with Gasteiger partial charge >= 0.3 is 5.97 Å². The number of nitrogens with zero attached hydrogens (tertiary/aromatic N) is 1. The molecule has 0 aromatic carbocycles. The number of carbonyl (C=O) groups excluding carboxylic acids is 1. The van der Waals surface area contributed by atoms with Crippen LogP contribution in [-0.4, -0.2) is 36.6 Å². The van der Waals surface area contributed by atoms with E-state index in [0.29, 0.717) is 5.76 Å². The van der Waals surface area contributed by atoms with Gasteiger partial charge in [-0.05, 0) is 51.1 Å². The van der Waals surface area contributed by atoms with Crippen molar-refractivity contribution in [3.8, 4) is 0 Å². The van der Waals surface area contributed by atoms with Crippen molar-refractivity contribution in [1.82, 2.24) is 4.90 Å². The van der Waals surface area contributed by atoms with E-state index in [0.717, 1.165) is 19.6 Å². The first-order valence-electron chi connectivity index (χ1n) is 6.88. The van der Waals surface area contributed by atoms with Crippen molar-refractivity contribution < 1.29 is 13.9 Å². The molecule has 5 heteroatoms. The molecule has 0 radical (unpaired) electrons. The van der Waals surface area contributed by atoms with Gasteiger partial charge in [0.25, 0.3) is 0 Å². The second-order valence-corrected chi connectivity index (χ2v) is 4.96. The zero-order valence-corrected chi connectivity index (χ0v) is 12.6. The van der Waals surface area contributed by atoms with E-state index in [1.54, 1.807) is 24.5 Å². The lowest BCUT2D eigenvalue weighted by Crippen LogP contribution is -2.36. The van der Waals surface area contributed by atoms with Crippen molar-refractivity contribution in [3.05, 3.63) is 30.2 Å². The van der Waals surface area contributed by atoms with Gasteiger partial charge in [0.2, 0.25) is 0 Å². The molecule has 0 bridgehead atoms. The number of carbonyl (C=O) groups is 1. The molecule has 1 aliphatic rings. The number of likely N-dealkylation sites (tertiary alicyclic amines) is 1. The quantitative estimate of drug-likeness (QED) is 0.619. The highest BCUT2D eigenvalue weighted by molar-refractivity contribution is 5.86. The van der Waals surface area contributed by atoms with Gasteiger partial charge in [-0.15, -0.1) is 12.4 Å². The predicted octanol–water partition coefficient (Wildman–Crippen LogP) is 3.13. The Labute approximate surface area is 126 Å². The maximum absolute atomic E-state index is 11.6. The van der Waals surface area contributed by atoms with E-state index in [-0.39, 0.29) is 24.5 Å². The van der Waals surface area contributed by atoms with Crippen LogP contribution in [0.15, 0.2) is 28.9 Å². The standard InChI is InChI=1S/C15H21NO3.ClH/c1-13(12-16-9-3-2-4-10-16)19-15(17)8-7-14-6-5-11-18-14;/h5-8,11,13H,2-4,9-10,12H2,1H3;1H. The van der Waals surface area contributed by atoms with E-state index in [9.17, 15) is 4.79 Å². The fourth-order valence-electron chi connectivity index (χ4n) is 2.32. The Morgan fingerprint density at radius 2 is 2.20 bits per heavy atom. The summed E-state index contributed by atoms with van der Waals surface area (Å²) in [6.45, 7) is 4.99. The average Bonchev–Trinajstić information content (AvgIpc) is 2.90. The summed E-state index contributed by atoms with van der Waals surface area (Å²) in [6.07, 6.45) is 8.34. The predicted molar refractivity (Wildman–Crippen MR) is 80.8 cm³/mol. The molecule has 1 aromatic rings. The highest BCUT2D eigenvalue weighted by Gasteiger charge is 2.15. The van der Waals surface area contributed by atoms with Gasteiger partial charge in [0.05, 0.1) is 6.26 Å². The first-order valence-corrected chi connectivity index (χ1v) is 6.88. The molecule has 20 heavy (non-hydrogen) atoms. The fourth-order valence-corrected chi connectivity index (χ4v) is 2.32. The molecule has 4 nitrogen and oxygen atoms in total. The van der Waals surface area contributed by atoms with E-state index in [4.69, 9.17) is 9.15 Å². The maximum atomic E-state index is 11.6. The Hall–Kier alpha value is -1.26. The van der Waals surface area contributed by atoms with Crippen LogP contribution in [0.2, 0.25) is 0 Å². The van der Waals surface area contributed by atoms with E-state index in [1.165, 1.54) is 25.3 Å². The third-order valence-corrected chi connectivity index (χ3v) is 3.21. The summed E-state index contributed by atoms with van der Waals surface area (Å²) in [5, 5.41) is 0. The van der Waals surface area contributed by atoms with Gasteiger partial charge in [0, 0.05) is 12.6 Å². The summed E-state index contributed by atoms with van der Waals surface area (Å²) in [7, 11) is 0. The lowest BCUT2D eigenvalue weighted by Gasteiger charge is -2.28. The number of rotatable bonds is 5. The molecule has 0 saturated carbocycles. The molecule has 112 valence electrons. The van der Waals surface area contributed by atoms with Crippen molar-refractivity contribution in [1.29, 1.82) is 0 Å². The number of hydrogen-bond acceptors (Lipinski definition) is 4. The van der Waals surface area contributed by atoms with E-state index in [2.05, 4.69) is 4.90 Å². The largest absolute Gasteiger partial charge is 0.465 e. The van der Waals surface area contributed by atoms with Crippen molar-refractivity contribution in [2.24, 2.45) is 0 Å². The lowest BCUT2D eigenvalue weighted by molar-refractivity contribution is -0.143. The molecule has 2 rings (SSSR count). The number of hydrogen-bond donors (Lipinski definition) is 0. The summed E-state index contributed by atoms with van der Waals surface area (Å²) in [5.41, 5.74) is 0. The second kappa shape index (κ2) is 8.82. The molecule has 1 aromatic heterocycles. The lowest BCUT2D eigenvalue weighted by atomic mass is 10.1. The third kappa shape index (κ3) is 5.80. The average molecular weight is 300 g/mol. The monoisotopic (exact) mass is 299 g/mol. The van der Waals surface area contributed by atoms with Crippen LogP contribution in [0.1, 0.15) is 31.9 Å². The zero-order valence-electron chi connectivity index (χ0n) is 11.8. The number of piperidine rings is 1. The summed E-state index contributed by atoms with van der Waals surface area (Å²) in [4.78, 5) is 14.0. The highest BCUT2D eigenvalue weighted by Crippen LogP contribution is 2.10. The van der Waals surface area contributed by atoms with Crippen LogP contribution in [0.5, 0.6) is 0 Å². The first kappa shape index (κ1) is 16.8.